The number of hydrogen-bond acceptors (Lipinski definition) is 7. The fraction of sp³-hybridized carbons (Fsp3) is 0.480. The quantitative estimate of drug-likeness (QED) is 0.673. The Bertz CT molecular complexity index is 1040. The summed E-state index contributed by atoms with van der Waals surface area (Å²) in [6, 6.07) is 7.84. The van der Waals surface area contributed by atoms with E-state index in [1.807, 2.05) is 29.2 Å². The van der Waals surface area contributed by atoms with E-state index in [4.69, 9.17) is 4.74 Å². The lowest BCUT2D eigenvalue weighted by atomic mass is 10.1. The number of aromatic nitrogens is 2. The molecule has 0 spiro atoms. The van der Waals surface area contributed by atoms with Gasteiger partial charge in [0.15, 0.2) is 0 Å². The van der Waals surface area contributed by atoms with Crippen LogP contribution in [0.15, 0.2) is 36.7 Å². The van der Waals surface area contributed by atoms with Crippen LogP contribution >= 0.6 is 0 Å². The van der Waals surface area contributed by atoms with Gasteiger partial charge in [-0.25, -0.2) is 14.8 Å². The second kappa shape index (κ2) is 11.2. The molecule has 3 amide bonds. The Morgan fingerprint density at radius 2 is 1.71 bits per heavy atom. The van der Waals surface area contributed by atoms with Crippen molar-refractivity contribution in [1.82, 2.24) is 25.1 Å². The fourth-order valence-corrected chi connectivity index (χ4v) is 3.66. The molecule has 2 aromatic rings. The highest BCUT2D eigenvalue weighted by Crippen LogP contribution is 2.21. The number of rotatable bonds is 6. The lowest BCUT2D eigenvalue weighted by Gasteiger charge is -2.34. The van der Waals surface area contributed by atoms with Crippen molar-refractivity contribution in [3.63, 3.8) is 0 Å². The van der Waals surface area contributed by atoms with Crippen LogP contribution in [0.3, 0.4) is 0 Å². The Kier molecular flexibility index (Phi) is 8.26. The number of nitrogens with one attached hydrogen (secondary N) is 1. The molecular weight excluding hydrogens is 448 g/mol. The maximum absolute atomic E-state index is 12.4. The minimum atomic E-state index is -0.620. The first-order valence-electron chi connectivity index (χ1n) is 11.6. The molecule has 1 fully saturated rings. The predicted molar refractivity (Wildman–Crippen MR) is 133 cm³/mol. The van der Waals surface area contributed by atoms with Crippen molar-refractivity contribution < 1.29 is 19.1 Å². The van der Waals surface area contributed by atoms with Crippen molar-refractivity contribution >= 4 is 23.9 Å². The van der Waals surface area contributed by atoms with E-state index in [-0.39, 0.29) is 18.4 Å². The van der Waals surface area contributed by atoms with Gasteiger partial charge in [-0.2, -0.15) is 0 Å². The fourth-order valence-electron chi connectivity index (χ4n) is 3.66. The Balaban J connectivity index is 1.56. The summed E-state index contributed by atoms with van der Waals surface area (Å²) in [5.74, 6) is 0.516. The smallest absolute Gasteiger partial charge is 0.408 e. The van der Waals surface area contributed by atoms with Gasteiger partial charge in [0, 0.05) is 64.7 Å². The number of nitrogens with zero attached hydrogens (tertiary/aromatic N) is 5. The molecule has 0 aliphatic carbocycles. The van der Waals surface area contributed by atoms with Crippen LogP contribution in [0.5, 0.6) is 0 Å². The number of hydrogen-bond donors (Lipinski definition) is 1. The van der Waals surface area contributed by atoms with E-state index in [0.717, 1.165) is 16.7 Å². The Labute approximate surface area is 206 Å². The molecule has 1 aromatic carbocycles. The zero-order chi connectivity index (χ0) is 25.6. The van der Waals surface area contributed by atoms with Gasteiger partial charge in [-0.1, -0.05) is 18.2 Å². The van der Waals surface area contributed by atoms with Gasteiger partial charge in [0.25, 0.3) is 0 Å². The first kappa shape index (κ1) is 25.9. The molecule has 1 aromatic heterocycles. The first-order valence-corrected chi connectivity index (χ1v) is 11.6. The number of piperazine rings is 1. The number of carbonyl (C=O) groups is 3. The number of likely N-dealkylation sites (N-methyl/N-ethyl adjacent to an activating group) is 1. The molecule has 35 heavy (non-hydrogen) atoms. The molecule has 0 saturated carbocycles. The molecule has 1 aliphatic rings. The van der Waals surface area contributed by atoms with E-state index in [0.29, 0.717) is 38.7 Å². The number of alkyl carbamates (subject to hydrolysis) is 1. The molecule has 0 radical (unpaired) electrons. The van der Waals surface area contributed by atoms with Gasteiger partial charge >= 0.3 is 6.09 Å². The average Bonchev–Trinajstić information content (AvgIpc) is 2.82. The standard InChI is InChI=1S/C25H34N6O4/c1-18(32)30-9-11-31(12-10-30)23-26-14-21(15-27-23)20-8-6-7-19(13-20)17-29(5)22(33)16-28-24(34)35-25(2,3)4/h6-8,13-15H,9-12,16-17H2,1-5H3,(H,28,34). The van der Waals surface area contributed by atoms with Crippen LogP contribution in [0.2, 0.25) is 0 Å². The van der Waals surface area contributed by atoms with Crippen molar-refractivity contribution in [3.05, 3.63) is 42.2 Å². The second-order valence-electron chi connectivity index (χ2n) is 9.57. The molecule has 0 unspecified atom stereocenters. The van der Waals surface area contributed by atoms with Gasteiger partial charge in [0.2, 0.25) is 17.8 Å². The molecule has 3 rings (SSSR count). The van der Waals surface area contributed by atoms with Gasteiger partial charge in [-0.3, -0.25) is 9.59 Å². The summed E-state index contributed by atoms with van der Waals surface area (Å²) < 4.78 is 5.16. The maximum atomic E-state index is 12.4. The summed E-state index contributed by atoms with van der Waals surface area (Å²) in [4.78, 5) is 50.2. The van der Waals surface area contributed by atoms with E-state index in [2.05, 4.69) is 20.2 Å². The summed E-state index contributed by atoms with van der Waals surface area (Å²) in [7, 11) is 1.69. The van der Waals surface area contributed by atoms with Crippen molar-refractivity contribution in [2.45, 2.75) is 39.8 Å². The van der Waals surface area contributed by atoms with E-state index < -0.39 is 11.7 Å². The SMILES string of the molecule is CC(=O)N1CCN(c2ncc(-c3cccc(CN(C)C(=O)CNC(=O)OC(C)(C)C)c3)cn2)CC1. The van der Waals surface area contributed by atoms with Gasteiger partial charge in [0.1, 0.15) is 12.1 Å². The second-order valence-corrected chi connectivity index (χ2v) is 9.57. The zero-order valence-corrected chi connectivity index (χ0v) is 21.1. The first-order chi connectivity index (χ1) is 16.5. The molecule has 10 nitrogen and oxygen atoms in total. The van der Waals surface area contributed by atoms with Crippen molar-refractivity contribution in [2.24, 2.45) is 0 Å². The third-order valence-corrected chi connectivity index (χ3v) is 5.53. The Morgan fingerprint density at radius 3 is 2.31 bits per heavy atom. The van der Waals surface area contributed by atoms with Crippen molar-refractivity contribution in [1.29, 1.82) is 0 Å². The number of carbonyl (C=O) groups excluding carboxylic acids is 3. The van der Waals surface area contributed by atoms with E-state index in [1.54, 1.807) is 52.0 Å². The van der Waals surface area contributed by atoms with Crippen molar-refractivity contribution in [3.8, 4) is 11.1 Å². The summed E-state index contributed by atoms with van der Waals surface area (Å²) in [6.07, 6.45) is 2.96. The van der Waals surface area contributed by atoms with Gasteiger partial charge in [-0.15, -0.1) is 0 Å². The zero-order valence-electron chi connectivity index (χ0n) is 21.1. The molecule has 188 valence electrons. The van der Waals surface area contributed by atoms with E-state index >= 15 is 0 Å². The third kappa shape index (κ3) is 7.66. The van der Waals surface area contributed by atoms with E-state index in [9.17, 15) is 14.4 Å². The van der Waals surface area contributed by atoms with Crippen LogP contribution in [0.25, 0.3) is 11.1 Å². The number of benzene rings is 1. The minimum Gasteiger partial charge on any atom is -0.444 e. The largest absolute Gasteiger partial charge is 0.444 e. The van der Waals surface area contributed by atoms with Crippen molar-refractivity contribution in [2.75, 3.05) is 44.7 Å². The maximum Gasteiger partial charge on any atom is 0.408 e. The van der Waals surface area contributed by atoms with E-state index in [1.165, 1.54) is 0 Å². The van der Waals surface area contributed by atoms with Gasteiger partial charge in [-0.05, 0) is 38.0 Å². The van der Waals surface area contributed by atoms with Crippen LogP contribution < -0.4 is 10.2 Å². The van der Waals surface area contributed by atoms with Gasteiger partial charge < -0.3 is 24.8 Å². The van der Waals surface area contributed by atoms with Gasteiger partial charge in [0.05, 0.1) is 0 Å². The number of amides is 3. The highest BCUT2D eigenvalue weighted by atomic mass is 16.6. The highest BCUT2D eigenvalue weighted by Gasteiger charge is 2.21. The molecule has 2 heterocycles. The molecule has 0 atom stereocenters. The third-order valence-electron chi connectivity index (χ3n) is 5.53. The normalized spacial score (nSPS) is 13.9. The lowest BCUT2D eigenvalue weighted by molar-refractivity contribution is -0.130. The monoisotopic (exact) mass is 482 g/mol. The summed E-state index contributed by atoms with van der Waals surface area (Å²) in [5, 5.41) is 2.49. The Hall–Kier alpha value is -3.69. The van der Waals surface area contributed by atoms with Crippen LogP contribution in [-0.4, -0.2) is 83.0 Å². The summed E-state index contributed by atoms with van der Waals surface area (Å²) in [5.41, 5.74) is 2.15. The Morgan fingerprint density at radius 1 is 1.06 bits per heavy atom. The van der Waals surface area contributed by atoms with Crippen LogP contribution in [0.4, 0.5) is 10.7 Å². The summed E-state index contributed by atoms with van der Waals surface area (Å²) in [6.45, 7) is 9.89. The molecule has 1 saturated heterocycles. The highest BCUT2D eigenvalue weighted by molar-refractivity contribution is 5.82. The summed E-state index contributed by atoms with van der Waals surface area (Å²) >= 11 is 0. The predicted octanol–water partition coefficient (Wildman–Crippen LogP) is 2.30. The topological polar surface area (TPSA) is 108 Å². The molecular formula is C25H34N6O4. The number of ether oxygens (including phenoxy) is 1. The molecule has 1 N–H and O–H groups in total. The molecule has 0 bridgehead atoms. The molecule has 1 aliphatic heterocycles. The van der Waals surface area contributed by atoms with Crippen LogP contribution in [0.1, 0.15) is 33.3 Å². The number of anilines is 1. The minimum absolute atomic E-state index is 0.0902. The average molecular weight is 483 g/mol. The van der Waals surface area contributed by atoms with Crippen LogP contribution in [0, 0.1) is 0 Å². The lowest BCUT2D eigenvalue weighted by Crippen LogP contribution is -2.48. The molecule has 10 heteroatoms. The van der Waals surface area contributed by atoms with Crippen LogP contribution in [-0.2, 0) is 20.9 Å².